The van der Waals surface area contributed by atoms with Gasteiger partial charge in [-0.2, -0.15) is 0 Å². The predicted molar refractivity (Wildman–Crippen MR) is 77.4 cm³/mol. The van der Waals surface area contributed by atoms with Gasteiger partial charge in [-0.1, -0.05) is 19.9 Å². The molecule has 1 fully saturated rings. The number of benzene rings is 1. The molecule has 0 aromatic heterocycles. The van der Waals surface area contributed by atoms with Crippen LogP contribution >= 0.6 is 0 Å². The highest BCUT2D eigenvalue weighted by Gasteiger charge is 2.24. The van der Waals surface area contributed by atoms with Crippen LogP contribution in [-0.4, -0.2) is 11.0 Å². The molecule has 4 heteroatoms. The molecule has 2 rings (SSSR count). The van der Waals surface area contributed by atoms with E-state index in [-0.39, 0.29) is 10.6 Å². The van der Waals surface area contributed by atoms with Gasteiger partial charge in [-0.25, -0.2) is 0 Å². The van der Waals surface area contributed by atoms with Gasteiger partial charge in [-0.15, -0.1) is 0 Å². The number of nitro groups is 1. The molecule has 19 heavy (non-hydrogen) atoms. The lowest BCUT2D eigenvalue weighted by Crippen LogP contribution is -2.30. The standard InChI is InChI=1S/C15H22N2O2/c1-10-4-6-13(8-12(10)3)16-14-7-5-11(2)15(9-14)17(18)19/h5,7,9-10,12-13,16H,4,6,8H2,1-3H3. The average molecular weight is 262 g/mol. The van der Waals surface area contributed by atoms with Crippen molar-refractivity contribution in [2.24, 2.45) is 11.8 Å². The Balaban J connectivity index is 2.07. The van der Waals surface area contributed by atoms with Crippen molar-refractivity contribution in [3.8, 4) is 0 Å². The van der Waals surface area contributed by atoms with E-state index in [1.54, 1.807) is 13.0 Å². The number of rotatable bonds is 3. The molecule has 1 aliphatic rings. The van der Waals surface area contributed by atoms with E-state index in [4.69, 9.17) is 0 Å². The zero-order valence-corrected chi connectivity index (χ0v) is 11.8. The maximum atomic E-state index is 10.9. The van der Waals surface area contributed by atoms with Crippen LogP contribution in [0.1, 0.15) is 38.7 Å². The Bertz CT molecular complexity index is 473. The first-order valence-electron chi connectivity index (χ1n) is 6.99. The molecule has 1 aliphatic carbocycles. The van der Waals surface area contributed by atoms with E-state index >= 15 is 0 Å². The van der Waals surface area contributed by atoms with E-state index in [9.17, 15) is 10.1 Å². The van der Waals surface area contributed by atoms with E-state index < -0.39 is 0 Å². The molecule has 4 nitrogen and oxygen atoms in total. The summed E-state index contributed by atoms with van der Waals surface area (Å²) in [6.07, 6.45) is 3.52. The molecule has 0 amide bonds. The van der Waals surface area contributed by atoms with Crippen molar-refractivity contribution < 1.29 is 4.92 Å². The minimum atomic E-state index is -0.313. The minimum Gasteiger partial charge on any atom is -0.382 e. The van der Waals surface area contributed by atoms with Crippen molar-refractivity contribution in [1.29, 1.82) is 0 Å². The van der Waals surface area contributed by atoms with Crippen molar-refractivity contribution in [3.63, 3.8) is 0 Å². The highest BCUT2D eigenvalue weighted by Crippen LogP contribution is 2.32. The number of hydrogen-bond donors (Lipinski definition) is 1. The Morgan fingerprint density at radius 1 is 1.26 bits per heavy atom. The molecule has 1 aromatic rings. The van der Waals surface area contributed by atoms with E-state index in [2.05, 4.69) is 19.2 Å². The van der Waals surface area contributed by atoms with Crippen LogP contribution in [0.25, 0.3) is 0 Å². The fourth-order valence-electron chi connectivity index (χ4n) is 2.81. The number of anilines is 1. The Morgan fingerprint density at radius 3 is 2.63 bits per heavy atom. The van der Waals surface area contributed by atoms with Crippen LogP contribution in [0, 0.1) is 28.9 Å². The van der Waals surface area contributed by atoms with Crippen LogP contribution in [0.2, 0.25) is 0 Å². The first kappa shape index (κ1) is 13.8. The average Bonchev–Trinajstić information content (AvgIpc) is 2.36. The van der Waals surface area contributed by atoms with Gasteiger partial charge in [-0.3, -0.25) is 10.1 Å². The highest BCUT2D eigenvalue weighted by atomic mass is 16.6. The van der Waals surface area contributed by atoms with Crippen molar-refractivity contribution >= 4 is 11.4 Å². The van der Waals surface area contributed by atoms with E-state index in [0.717, 1.165) is 24.4 Å². The molecule has 0 spiro atoms. The van der Waals surface area contributed by atoms with Gasteiger partial charge in [0.05, 0.1) is 4.92 Å². The summed E-state index contributed by atoms with van der Waals surface area (Å²) in [5.74, 6) is 1.50. The Morgan fingerprint density at radius 2 is 2.00 bits per heavy atom. The summed E-state index contributed by atoms with van der Waals surface area (Å²) in [6, 6.07) is 5.84. The van der Waals surface area contributed by atoms with Gasteiger partial charge in [0.1, 0.15) is 0 Å². The first-order valence-corrected chi connectivity index (χ1v) is 6.99. The first-order chi connectivity index (χ1) is 8.97. The molecule has 0 radical (unpaired) electrons. The van der Waals surface area contributed by atoms with Crippen LogP contribution in [0.5, 0.6) is 0 Å². The molecule has 3 atom stereocenters. The molecule has 1 saturated carbocycles. The van der Waals surface area contributed by atoms with E-state index in [0.29, 0.717) is 17.5 Å². The third-order valence-electron chi connectivity index (χ3n) is 4.37. The quantitative estimate of drug-likeness (QED) is 0.658. The van der Waals surface area contributed by atoms with Crippen LogP contribution in [0.4, 0.5) is 11.4 Å². The summed E-state index contributed by atoms with van der Waals surface area (Å²) >= 11 is 0. The Hall–Kier alpha value is -1.58. The summed E-state index contributed by atoms with van der Waals surface area (Å²) in [4.78, 5) is 10.6. The summed E-state index contributed by atoms with van der Waals surface area (Å²) in [7, 11) is 0. The molecule has 1 N–H and O–H groups in total. The van der Waals surface area contributed by atoms with Gasteiger partial charge in [0, 0.05) is 23.4 Å². The summed E-state index contributed by atoms with van der Waals surface area (Å²) in [5, 5.41) is 14.4. The van der Waals surface area contributed by atoms with Crippen molar-refractivity contribution in [2.45, 2.75) is 46.1 Å². The molecule has 0 bridgehead atoms. The van der Waals surface area contributed by atoms with Gasteiger partial charge in [0.2, 0.25) is 0 Å². The fourth-order valence-corrected chi connectivity index (χ4v) is 2.81. The topological polar surface area (TPSA) is 55.2 Å². The molecular weight excluding hydrogens is 240 g/mol. The maximum Gasteiger partial charge on any atom is 0.274 e. The van der Waals surface area contributed by atoms with E-state index in [1.165, 1.54) is 6.42 Å². The van der Waals surface area contributed by atoms with Crippen LogP contribution in [0.15, 0.2) is 18.2 Å². The second-order valence-electron chi connectivity index (χ2n) is 5.87. The third-order valence-corrected chi connectivity index (χ3v) is 4.37. The number of nitro benzene ring substituents is 1. The molecule has 0 heterocycles. The van der Waals surface area contributed by atoms with Crippen molar-refractivity contribution in [3.05, 3.63) is 33.9 Å². The molecular formula is C15H22N2O2. The Labute approximate surface area is 114 Å². The zero-order valence-electron chi connectivity index (χ0n) is 11.8. The smallest absolute Gasteiger partial charge is 0.274 e. The van der Waals surface area contributed by atoms with Crippen LogP contribution in [-0.2, 0) is 0 Å². The number of aryl methyl sites for hydroxylation is 1. The lowest BCUT2D eigenvalue weighted by atomic mass is 9.79. The molecule has 0 saturated heterocycles. The van der Waals surface area contributed by atoms with Gasteiger partial charge >= 0.3 is 0 Å². The largest absolute Gasteiger partial charge is 0.382 e. The van der Waals surface area contributed by atoms with Gasteiger partial charge < -0.3 is 5.32 Å². The zero-order chi connectivity index (χ0) is 14.0. The maximum absolute atomic E-state index is 10.9. The number of nitrogens with zero attached hydrogens (tertiary/aromatic N) is 1. The monoisotopic (exact) mass is 262 g/mol. The number of hydrogen-bond acceptors (Lipinski definition) is 3. The lowest BCUT2D eigenvalue weighted by Gasteiger charge is -2.33. The second-order valence-corrected chi connectivity index (χ2v) is 5.87. The van der Waals surface area contributed by atoms with Crippen molar-refractivity contribution in [1.82, 2.24) is 0 Å². The van der Waals surface area contributed by atoms with Crippen LogP contribution in [0.3, 0.4) is 0 Å². The summed E-state index contributed by atoms with van der Waals surface area (Å²) < 4.78 is 0. The van der Waals surface area contributed by atoms with Gasteiger partial charge in [0.15, 0.2) is 0 Å². The summed E-state index contributed by atoms with van der Waals surface area (Å²) in [6.45, 7) is 6.36. The molecule has 0 aliphatic heterocycles. The lowest BCUT2D eigenvalue weighted by molar-refractivity contribution is -0.385. The number of nitrogens with one attached hydrogen (secondary N) is 1. The predicted octanol–water partition coefficient (Wildman–Crippen LogP) is 4.14. The fraction of sp³-hybridized carbons (Fsp3) is 0.600. The van der Waals surface area contributed by atoms with Gasteiger partial charge in [-0.05, 0) is 44.1 Å². The second kappa shape index (κ2) is 5.59. The normalized spacial score (nSPS) is 27.0. The SMILES string of the molecule is Cc1ccc(NC2CCC(C)C(C)C2)cc1[N+](=O)[O-]. The van der Waals surface area contributed by atoms with Crippen LogP contribution < -0.4 is 5.32 Å². The molecule has 1 aromatic carbocycles. The third kappa shape index (κ3) is 3.25. The van der Waals surface area contributed by atoms with E-state index in [1.807, 2.05) is 12.1 Å². The van der Waals surface area contributed by atoms with Crippen molar-refractivity contribution in [2.75, 3.05) is 5.32 Å². The minimum absolute atomic E-state index is 0.197. The highest BCUT2D eigenvalue weighted by molar-refractivity contribution is 5.55. The van der Waals surface area contributed by atoms with Gasteiger partial charge in [0.25, 0.3) is 5.69 Å². The molecule has 104 valence electrons. The summed E-state index contributed by atoms with van der Waals surface area (Å²) in [5.41, 5.74) is 1.77. The Kier molecular flexibility index (Phi) is 4.08. The molecule has 3 unspecified atom stereocenters.